The van der Waals surface area contributed by atoms with Crippen LogP contribution in [0.4, 0.5) is 0 Å². The molecule has 1 aromatic rings. The Labute approximate surface area is 95.3 Å². The lowest BCUT2D eigenvalue weighted by molar-refractivity contribution is 0.208. The summed E-state index contributed by atoms with van der Waals surface area (Å²) in [5.41, 5.74) is 1.65. The molecule has 0 aliphatic heterocycles. The molecule has 0 amide bonds. The van der Waals surface area contributed by atoms with Crippen LogP contribution in [0.2, 0.25) is 0 Å². The Kier molecular flexibility index (Phi) is 3.44. The molecular weight excluding hydrogens is 206 g/mol. The fourth-order valence-electron chi connectivity index (χ4n) is 1.78. The van der Waals surface area contributed by atoms with Gasteiger partial charge in [-0.2, -0.15) is 0 Å². The number of hydrogen-bond donors (Lipinski definition) is 2. The second-order valence-electron chi connectivity index (χ2n) is 4.61. The van der Waals surface area contributed by atoms with Crippen molar-refractivity contribution in [2.24, 2.45) is 5.41 Å². The van der Waals surface area contributed by atoms with Crippen LogP contribution >= 0.6 is 11.3 Å². The summed E-state index contributed by atoms with van der Waals surface area (Å²) in [5.74, 6) is 0. The summed E-state index contributed by atoms with van der Waals surface area (Å²) in [6.45, 7) is 4.52. The van der Waals surface area contributed by atoms with Gasteiger partial charge >= 0.3 is 0 Å². The predicted octanol–water partition coefficient (Wildman–Crippen LogP) is 1.96. The summed E-state index contributed by atoms with van der Waals surface area (Å²) in [5, 5.41) is 14.8. The topological polar surface area (TPSA) is 32.3 Å². The van der Waals surface area contributed by atoms with Gasteiger partial charge in [-0.05, 0) is 49.7 Å². The van der Waals surface area contributed by atoms with Crippen molar-refractivity contribution in [1.82, 2.24) is 5.32 Å². The molecule has 3 heteroatoms. The van der Waals surface area contributed by atoms with E-state index in [1.54, 1.807) is 0 Å². The fraction of sp³-hybridized carbons (Fsp3) is 0.667. The lowest BCUT2D eigenvalue weighted by atomic mass is 10.1. The van der Waals surface area contributed by atoms with E-state index in [0.717, 1.165) is 19.5 Å². The number of aliphatic hydroxyl groups is 1. The van der Waals surface area contributed by atoms with Crippen molar-refractivity contribution >= 4 is 11.3 Å². The van der Waals surface area contributed by atoms with Crippen LogP contribution in [0.15, 0.2) is 11.4 Å². The molecule has 15 heavy (non-hydrogen) atoms. The van der Waals surface area contributed by atoms with E-state index >= 15 is 0 Å². The van der Waals surface area contributed by atoms with Gasteiger partial charge in [-0.3, -0.25) is 0 Å². The number of thiophene rings is 1. The van der Waals surface area contributed by atoms with Crippen LogP contribution in [0.25, 0.3) is 0 Å². The second-order valence-corrected chi connectivity index (χ2v) is 5.61. The Hall–Kier alpha value is -0.380. The van der Waals surface area contributed by atoms with Gasteiger partial charge in [0.1, 0.15) is 0 Å². The largest absolute Gasteiger partial charge is 0.396 e. The highest BCUT2D eigenvalue weighted by Gasteiger charge is 2.41. The van der Waals surface area contributed by atoms with Crippen LogP contribution in [0.1, 0.15) is 23.3 Å². The predicted molar refractivity (Wildman–Crippen MR) is 64.4 cm³/mol. The van der Waals surface area contributed by atoms with Gasteiger partial charge in [0.25, 0.3) is 0 Å². The smallest absolute Gasteiger partial charge is 0.0499 e. The number of aliphatic hydroxyl groups excluding tert-OH is 1. The van der Waals surface area contributed by atoms with Gasteiger partial charge in [0.15, 0.2) is 0 Å². The molecule has 1 aliphatic carbocycles. The molecule has 0 bridgehead atoms. The van der Waals surface area contributed by atoms with Gasteiger partial charge in [-0.1, -0.05) is 0 Å². The zero-order chi connectivity index (χ0) is 10.7. The number of hydrogen-bond acceptors (Lipinski definition) is 3. The monoisotopic (exact) mass is 225 g/mol. The van der Waals surface area contributed by atoms with E-state index in [-0.39, 0.29) is 5.41 Å². The summed E-state index contributed by atoms with van der Waals surface area (Å²) >= 11 is 1.84. The maximum absolute atomic E-state index is 9.15. The number of nitrogens with one attached hydrogen (secondary N) is 1. The van der Waals surface area contributed by atoms with Crippen molar-refractivity contribution in [3.05, 3.63) is 21.9 Å². The van der Waals surface area contributed by atoms with Crippen molar-refractivity contribution in [3.8, 4) is 0 Å². The summed E-state index contributed by atoms with van der Waals surface area (Å²) in [6.07, 6.45) is 3.49. The molecule has 2 nitrogen and oxygen atoms in total. The van der Waals surface area contributed by atoms with Crippen molar-refractivity contribution in [2.75, 3.05) is 19.7 Å². The second kappa shape index (κ2) is 4.64. The summed E-state index contributed by atoms with van der Waals surface area (Å²) < 4.78 is 0. The average Bonchev–Trinajstić information content (AvgIpc) is 2.92. The van der Waals surface area contributed by atoms with E-state index in [4.69, 9.17) is 5.11 Å². The third-order valence-corrected chi connectivity index (χ3v) is 4.37. The lowest BCUT2D eigenvalue weighted by Gasteiger charge is -2.12. The first-order chi connectivity index (χ1) is 7.26. The van der Waals surface area contributed by atoms with Crippen LogP contribution in [0, 0.1) is 12.3 Å². The first-order valence-electron chi connectivity index (χ1n) is 5.60. The van der Waals surface area contributed by atoms with E-state index in [0.29, 0.717) is 6.61 Å². The first-order valence-corrected chi connectivity index (χ1v) is 6.48. The quantitative estimate of drug-likeness (QED) is 0.725. The van der Waals surface area contributed by atoms with Crippen molar-refractivity contribution < 1.29 is 5.11 Å². The Balaban J connectivity index is 1.65. The van der Waals surface area contributed by atoms with Gasteiger partial charge in [-0.25, -0.2) is 0 Å². The van der Waals surface area contributed by atoms with Crippen LogP contribution < -0.4 is 5.32 Å². The molecule has 0 radical (unpaired) electrons. The molecule has 1 aromatic heterocycles. The molecule has 1 fully saturated rings. The minimum Gasteiger partial charge on any atom is -0.396 e. The average molecular weight is 225 g/mol. The number of rotatable bonds is 6. The Morgan fingerprint density at radius 2 is 2.33 bits per heavy atom. The van der Waals surface area contributed by atoms with Gasteiger partial charge in [0.05, 0.1) is 0 Å². The standard InChI is InChI=1S/C12H19NOS/c1-10-3-7-15-11(10)2-6-13-8-12(9-14)4-5-12/h3,7,13-14H,2,4-6,8-9H2,1H3. The Morgan fingerprint density at radius 1 is 1.53 bits per heavy atom. The van der Waals surface area contributed by atoms with Gasteiger partial charge in [0, 0.05) is 23.4 Å². The summed E-state index contributed by atoms with van der Waals surface area (Å²) in [7, 11) is 0. The molecule has 0 atom stereocenters. The molecule has 2 N–H and O–H groups in total. The highest BCUT2D eigenvalue weighted by atomic mass is 32.1. The van der Waals surface area contributed by atoms with E-state index in [1.165, 1.54) is 23.3 Å². The molecule has 2 rings (SSSR count). The maximum atomic E-state index is 9.15. The zero-order valence-corrected chi connectivity index (χ0v) is 10.1. The van der Waals surface area contributed by atoms with Gasteiger partial charge < -0.3 is 10.4 Å². The van der Waals surface area contributed by atoms with Gasteiger partial charge in [0.2, 0.25) is 0 Å². The molecule has 0 aromatic carbocycles. The minimum atomic E-state index is 0.241. The normalized spacial score (nSPS) is 18.0. The van der Waals surface area contributed by atoms with Gasteiger partial charge in [-0.15, -0.1) is 11.3 Å². The SMILES string of the molecule is Cc1ccsc1CCNCC1(CO)CC1. The molecule has 0 unspecified atom stereocenters. The van der Waals surface area contributed by atoms with Crippen LogP contribution in [-0.2, 0) is 6.42 Å². The molecule has 84 valence electrons. The third kappa shape index (κ3) is 2.80. The Morgan fingerprint density at radius 3 is 2.87 bits per heavy atom. The number of aryl methyl sites for hydroxylation is 1. The fourth-order valence-corrected chi connectivity index (χ4v) is 2.69. The van der Waals surface area contributed by atoms with Crippen LogP contribution in [-0.4, -0.2) is 24.8 Å². The van der Waals surface area contributed by atoms with E-state index in [1.807, 2.05) is 11.3 Å². The van der Waals surface area contributed by atoms with Crippen molar-refractivity contribution in [1.29, 1.82) is 0 Å². The van der Waals surface area contributed by atoms with Crippen LogP contribution in [0.5, 0.6) is 0 Å². The molecule has 1 saturated carbocycles. The summed E-state index contributed by atoms with van der Waals surface area (Å²) in [4.78, 5) is 1.48. The summed E-state index contributed by atoms with van der Waals surface area (Å²) in [6, 6.07) is 2.18. The zero-order valence-electron chi connectivity index (χ0n) is 9.25. The van der Waals surface area contributed by atoms with Crippen molar-refractivity contribution in [2.45, 2.75) is 26.2 Å². The minimum absolute atomic E-state index is 0.241. The van der Waals surface area contributed by atoms with Crippen molar-refractivity contribution in [3.63, 3.8) is 0 Å². The highest BCUT2D eigenvalue weighted by molar-refractivity contribution is 7.10. The maximum Gasteiger partial charge on any atom is 0.0499 e. The highest BCUT2D eigenvalue weighted by Crippen LogP contribution is 2.44. The van der Waals surface area contributed by atoms with Crippen LogP contribution in [0.3, 0.4) is 0 Å². The lowest BCUT2D eigenvalue weighted by Crippen LogP contribution is -2.28. The first kappa shape index (κ1) is 11.1. The molecule has 0 spiro atoms. The third-order valence-electron chi connectivity index (χ3n) is 3.29. The molecular formula is C12H19NOS. The van der Waals surface area contributed by atoms with E-state index in [9.17, 15) is 0 Å². The Bertz CT molecular complexity index is 317. The van der Waals surface area contributed by atoms with E-state index < -0.39 is 0 Å². The molecule has 1 aliphatic rings. The van der Waals surface area contributed by atoms with E-state index in [2.05, 4.69) is 23.7 Å². The molecule has 1 heterocycles. The molecule has 0 saturated heterocycles.